The standard InChI is InChI=1S/C12H16O/c13-11-9-5-4-6-10(9)12(11)7-2-1-3-8-12/h4-5,9-10H,1-3,6-8H2/t9-,10+/m0/s1. The molecule has 2 saturated carbocycles. The molecule has 3 aliphatic rings. The highest BCUT2D eigenvalue weighted by Crippen LogP contribution is 2.60. The molecule has 0 unspecified atom stereocenters. The topological polar surface area (TPSA) is 17.1 Å². The van der Waals surface area contributed by atoms with Gasteiger partial charge in [0.05, 0.1) is 0 Å². The quantitative estimate of drug-likeness (QED) is 0.519. The van der Waals surface area contributed by atoms with Gasteiger partial charge in [-0.3, -0.25) is 4.79 Å². The molecule has 3 rings (SSSR count). The summed E-state index contributed by atoms with van der Waals surface area (Å²) in [5.41, 5.74) is 0.159. The van der Waals surface area contributed by atoms with Crippen LogP contribution in [0.2, 0.25) is 0 Å². The fraction of sp³-hybridized carbons (Fsp3) is 0.750. The second kappa shape index (κ2) is 2.46. The van der Waals surface area contributed by atoms with Crippen LogP contribution in [0.5, 0.6) is 0 Å². The van der Waals surface area contributed by atoms with Gasteiger partial charge in [-0.25, -0.2) is 0 Å². The Labute approximate surface area is 79.2 Å². The summed E-state index contributed by atoms with van der Waals surface area (Å²) < 4.78 is 0. The van der Waals surface area contributed by atoms with Gasteiger partial charge in [0.15, 0.2) is 0 Å². The summed E-state index contributed by atoms with van der Waals surface area (Å²) in [7, 11) is 0. The van der Waals surface area contributed by atoms with Crippen molar-refractivity contribution in [3.05, 3.63) is 12.2 Å². The molecule has 2 atom stereocenters. The Morgan fingerprint density at radius 3 is 2.77 bits per heavy atom. The number of allylic oxidation sites excluding steroid dienone is 2. The molecule has 1 nitrogen and oxygen atoms in total. The van der Waals surface area contributed by atoms with E-state index in [1.165, 1.54) is 38.5 Å². The summed E-state index contributed by atoms with van der Waals surface area (Å²) in [5.74, 6) is 1.62. The van der Waals surface area contributed by atoms with Crippen molar-refractivity contribution in [2.24, 2.45) is 17.3 Å². The van der Waals surface area contributed by atoms with Crippen LogP contribution < -0.4 is 0 Å². The predicted octanol–water partition coefficient (Wildman–Crippen LogP) is 2.71. The van der Waals surface area contributed by atoms with E-state index in [0.29, 0.717) is 17.6 Å². The fourth-order valence-corrected chi connectivity index (χ4v) is 3.71. The van der Waals surface area contributed by atoms with Crippen LogP contribution in [0.1, 0.15) is 38.5 Å². The van der Waals surface area contributed by atoms with E-state index in [0.717, 1.165) is 0 Å². The van der Waals surface area contributed by atoms with Gasteiger partial charge in [-0.05, 0) is 25.2 Å². The summed E-state index contributed by atoms with van der Waals surface area (Å²) in [6.45, 7) is 0. The van der Waals surface area contributed by atoms with Gasteiger partial charge in [-0.1, -0.05) is 31.4 Å². The maximum absolute atomic E-state index is 12.0. The monoisotopic (exact) mass is 176 g/mol. The van der Waals surface area contributed by atoms with E-state index in [4.69, 9.17) is 0 Å². The molecule has 3 aliphatic carbocycles. The van der Waals surface area contributed by atoms with E-state index < -0.39 is 0 Å². The minimum Gasteiger partial charge on any atom is -0.298 e. The zero-order chi connectivity index (χ0) is 8.89. The lowest BCUT2D eigenvalue weighted by Gasteiger charge is -2.52. The Morgan fingerprint density at radius 1 is 1.23 bits per heavy atom. The minimum absolute atomic E-state index is 0.159. The Balaban J connectivity index is 1.88. The average Bonchev–Trinajstić information content (AvgIpc) is 2.64. The number of carbonyl (C=O) groups is 1. The number of Topliss-reactive ketones (excluding diaryl/α,β-unsaturated/α-hetero) is 1. The molecule has 0 aromatic carbocycles. The summed E-state index contributed by atoms with van der Waals surface area (Å²) >= 11 is 0. The van der Waals surface area contributed by atoms with Crippen LogP contribution in [0.15, 0.2) is 12.2 Å². The summed E-state index contributed by atoms with van der Waals surface area (Å²) in [5, 5.41) is 0. The van der Waals surface area contributed by atoms with Gasteiger partial charge in [0.1, 0.15) is 5.78 Å². The Morgan fingerprint density at radius 2 is 2.00 bits per heavy atom. The SMILES string of the molecule is O=C1[C@H]2C=CC[C@H]2C12CCCCC2. The van der Waals surface area contributed by atoms with E-state index in [1.807, 2.05) is 0 Å². The number of rotatable bonds is 0. The summed E-state index contributed by atoms with van der Waals surface area (Å²) in [4.78, 5) is 12.0. The highest BCUT2D eigenvalue weighted by Gasteiger charge is 2.60. The summed E-state index contributed by atoms with van der Waals surface area (Å²) in [6, 6.07) is 0. The fourth-order valence-electron chi connectivity index (χ4n) is 3.71. The van der Waals surface area contributed by atoms with Crippen LogP contribution in [-0.2, 0) is 4.79 Å². The van der Waals surface area contributed by atoms with Crippen molar-refractivity contribution in [2.45, 2.75) is 38.5 Å². The minimum atomic E-state index is 0.159. The Kier molecular flexibility index (Phi) is 1.47. The molecule has 1 heteroatoms. The number of ketones is 1. The van der Waals surface area contributed by atoms with Crippen molar-refractivity contribution in [2.75, 3.05) is 0 Å². The number of hydrogen-bond donors (Lipinski definition) is 0. The van der Waals surface area contributed by atoms with Crippen molar-refractivity contribution in [3.63, 3.8) is 0 Å². The molecule has 0 amide bonds. The van der Waals surface area contributed by atoms with E-state index >= 15 is 0 Å². The van der Waals surface area contributed by atoms with Crippen LogP contribution in [-0.4, -0.2) is 5.78 Å². The van der Waals surface area contributed by atoms with Gasteiger partial charge in [0.25, 0.3) is 0 Å². The molecule has 1 spiro atoms. The molecule has 0 bridgehead atoms. The summed E-state index contributed by atoms with van der Waals surface area (Å²) in [6.07, 6.45) is 11.8. The van der Waals surface area contributed by atoms with Crippen molar-refractivity contribution >= 4 is 5.78 Å². The molecular weight excluding hydrogens is 160 g/mol. The molecule has 70 valence electrons. The molecule has 0 heterocycles. The van der Waals surface area contributed by atoms with E-state index in [-0.39, 0.29) is 5.41 Å². The highest BCUT2D eigenvalue weighted by molar-refractivity contribution is 5.96. The highest BCUT2D eigenvalue weighted by atomic mass is 16.1. The molecule has 13 heavy (non-hydrogen) atoms. The second-order valence-electron chi connectivity index (χ2n) is 4.88. The van der Waals surface area contributed by atoms with Crippen LogP contribution in [0.3, 0.4) is 0 Å². The van der Waals surface area contributed by atoms with Crippen molar-refractivity contribution < 1.29 is 4.79 Å². The maximum atomic E-state index is 12.0. The van der Waals surface area contributed by atoms with Gasteiger partial charge in [0.2, 0.25) is 0 Å². The van der Waals surface area contributed by atoms with Crippen LogP contribution >= 0.6 is 0 Å². The first-order valence-electron chi connectivity index (χ1n) is 5.56. The zero-order valence-electron chi connectivity index (χ0n) is 7.96. The maximum Gasteiger partial charge on any atom is 0.146 e. The average molecular weight is 176 g/mol. The van der Waals surface area contributed by atoms with Crippen LogP contribution in [0.4, 0.5) is 0 Å². The Bertz CT molecular complexity index is 271. The first-order valence-corrected chi connectivity index (χ1v) is 5.56. The van der Waals surface area contributed by atoms with E-state index in [2.05, 4.69) is 12.2 Å². The van der Waals surface area contributed by atoms with E-state index in [9.17, 15) is 4.79 Å². The molecule has 0 N–H and O–H groups in total. The molecular formula is C12H16O. The molecule has 0 aliphatic heterocycles. The first kappa shape index (κ1) is 7.78. The molecule has 2 fully saturated rings. The van der Waals surface area contributed by atoms with Crippen molar-refractivity contribution in [3.8, 4) is 0 Å². The predicted molar refractivity (Wildman–Crippen MR) is 51.3 cm³/mol. The lowest BCUT2D eigenvalue weighted by Crippen LogP contribution is -2.56. The smallest absolute Gasteiger partial charge is 0.146 e. The normalized spacial score (nSPS) is 40.5. The zero-order valence-corrected chi connectivity index (χ0v) is 7.96. The third-order valence-corrected chi connectivity index (χ3v) is 4.42. The van der Waals surface area contributed by atoms with E-state index in [1.54, 1.807) is 0 Å². The lowest BCUT2D eigenvalue weighted by molar-refractivity contribution is -0.156. The Hall–Kier alpha value is -0.590. The van der Waals surface area contributed by atoms with Gasteiger partial charge < -0.3 is 0 Å². The van der Waals surface area contributed by atoms with Crippen molar-refractivity contribution in [1.82, 2.24) is 0 Å². The third kappa shape index (κ3) is 0.806. The molecule has 0 saturated heterocycles. The second-order valence-corrected chi connectivity index (χ2v) is 4.88. The van der Waals surface area contributed by atoms with Crippen LogP contribution in [0, 0.1) is 17.3 Å². The van der Waals surface area contributed by atoms with Gasteiger partial charge in [0, 0.05) is 11.3 Å². The lowest BCUT2D eigenvalue weighted by atomic mass is 9.49. The van der Waals surface area contributed by atoms with Gasteiger partial charge in [-0.15, -0.1) is 0 Å². The number of fused-ring (bicyclic) bond motifs is 2. The van der Waals surface area contributed by atoms with Gasteiger partial charge >= 0.3 is 0 Å². The molecule has 0 aromatic heterocycles. The molecule has 0 radical (unpaired) electrons. The first-order chi connectivity index (χ1) is 6.34. The number of hydrogen-bond acceptors (Lipinski definition) is 1. The largest absolute Gasteiger partial charge is 0.298 e. The number of carbonyl (C=O) groups excluding carboxylic acids is 1. The van der Waals surface area contributed by atoms with Crippen molar-refractivity contribution in [1.29, 1.82) is 0 Å². The van der Waals surface area contributed by atoms with Crippen LogP contribution in [0.25, 0.3) is 0 Å². The third-order valence-electron chi connectivity index (χ3n) is 4.42. The van der Waals surface area contributed by atoms with Gasteiger partial charge in [-0.2, -0.15) is 0 Å². The molecule has 0 aromatic rings.